The van der Waals surface area contributed by atoms with Crippen LogP contribution in [0.4, 0.5) is 18.9 Å². The topological polar surface area (TPSA) is 99.9 Å². The van der Waals surface area contributed by atoms with Crippen molar-refractivity contribution < 1.29 is 37.0 Å². The Balaban J connectivity index is 1.95. The zero-order chi connectivity index (χ0) is 28.3. The zero-order valence-corrected chi connectivity index (χ0v) is 21.3. The molecule has 2 unspecified atom stereocenters. The van der Waals surface area contributed by atoms with Gasteiger partial charge in [0.2, 0.25) is 11.8 Å². The van der Waals surface area contributed by atoms with Crippen LogP contribution in [0.1, 0.15) is 36.5 Å². The van der Waals surface area contributed by atoms with E-state index in [2.05, 4.69) is 0 Å². The van der Waals surface area contributed by atoms with Crippen molar-refractivity contribution in [3.63, 3.8) is 0 Å². The zero-order valence-electron chi connectivity index (χ0n) is 21.3. The molecular weight excluding hydrogens is 515 g/mol. The Morgan fingerprint density at radius 2 is 1.79 bits per heavy atom. The number of nitrogens with zero attached hydrogens (tertiary/aromatic N) is 3. The molecule has 0 N–H and O–H groups in total. The molecule has 0 spiro atoms. The molecule has 39 heavy (non-hydrogen) atoms. The quantitative estimate of drug-likeness (QED) is 0.419. The smallest absolute Gasteiger partial charge is 0.416 e. The van der Waals surface area contributed by atoms with Gasteiger partial charge in [-0.1, -0.05) is 18.2 Å². The van der Waals surface area contributed by atoms with E-state index in [4.69, 9.17) is 9.47 Å². The SMILES string of the molecule is CCOC(=O)C1=C(C)N(c2cccc(C(F)(F)F)c2)C(=O)C(C(=O)N2CCOCC2)C1c1ccc(C#N)cc1. The summed E-state index contributed by atoms with van der Waals surface area (Å²) in [6, 6.07) is 12.3. The van der Waals surface area contributed by atoms with Crippen LogP contribution in [-0.4, -0.2) is 55.6 Å². The molecule has 2 heterocycles. The van der Waals surface area contributed by atoms with Crippen molar-refractivity contribution >= 4 is 23.5 Å². The molecule has 1 saturated heterocycles. The van der Waals surface area contributed by atoms with E-state index >= 15 is 0 Å². The Morgan fingerprint density at radius 3 is 2.38 bits per heavy atom. The first-order valence-electron chi connectivity index (χ1n) is 12.3. The van der Waals surface area contributed by atoms with Crippen LogP contribution in [0.15, 0.2) is 59.8 Å². The summed E-state index contributed by atoms with van der Waals surface area (Å²) in [7, 11) is 0. The lowest BCUT2D eigenvalue weighted by Gasteiger charge is -2.41. The van der Waals surface area contributed by atoms with Gasteiger partial charge in [0.15, 0.2) is 0 Å². The number of amides is 2. The molecule has 204 valence electrons. The van der Waals surface area contributed by atoms with Crippen LogP contribution < -0.4 is 4.90 Å². The van der Waals surface area contributed by atoms with E-state index < -0.39 is 41.4 Å². The number of hydrogen-bond donors (Lipinski definition) is 0. The third kappa shape index (κ3) is 5.52. The molecule has 2 atom stereocenters. The standard InChI is InChI=1S/C28H26F3N3O5/c1-3-39-27(37)22-17(2)34(21-6-4-5-20(15-21)28(29,30)31)26(36)24(25(35)33-11-13-38-14-12-33)23(22)19-9-7-18(16-32)8-10-19/h4-10,15,23-24H,3,11-14H2,1-2H3. The van der Waals surface area contributed by atoms with Crippen LogP contribution in [0.5, 0.6) is 0 Å². The first-order valence-corrected chi connectivity index (χ1v) is 12.3. The maximum atomic E-state index is 14.1. The highest BCUT2D eigenvalue weighted by molar-refractivity contribution is 6.14. The minimum Gasteiger partial charge on any atom is -0.463 e. The molecule has 2 aliphatic heterocycles. The Hall–Kier alpha value is -4.17. The number of rotatable bonds is 5. The van der Waals surface area contributed by atoms with E-state index in [0.29, 0.717) is 11.1 Å². The van der Waals surface area contributed by atoms with Crippen molar-refractivity contribution in [2.24, 2.45) is 5.92 Å². The molecule has 2 amide bonds. The van der Waals surface area contributed by atoms with Crippen molar-refractivity contribution in [1.82, 2.24) is 4.90 Å². The maximum absolute atomic E-state index is 14.1. The number of benzene rings is 2. The summed E-state index contributed by atoms with van der Waals surface area (Å²) < 4.78 is 51.3. The van der Waals surface area contributed by atoms with Gasteiger partial charge >= 0.3 is 12.1 Å². The molecule has 11 heteroatoms. The number of carbonyl (C=O) groups excluding carboxylic acids is 3. The molecule has 0 aliphatic carbocycles. The van der Waals surface area contributed by atoms with Crippen LogP contribution in [0.25, 0.3) is 0 Å². The van der Waals surface area contributed by atoms with E-state index in [1.54, 1.807) is 19.1 Å². The average molecular weight is 542 g/mol. The fourth-order valence-corrected chi connectivity index (χ4v) is 4.94. The molecule has 2 aliphatic rings. The molecule has 2 aromatic carbocycles. The van der Waals surface area contributed by atoms with Gasteiger partial charge < -0.3 is 14.4 Å². The van der Waals surface area contributed by atoms with Gasteiger partial charge in [0.25, 0.3) is 0 Å². The van der Waals surface area contributed by atoms with Crippen LogP contribution in [0.3, 0.4) is 0 Å². The number of alkyl halides is 3. The highest BCUT2D eigenvalue weighted by Crippen LogP contribution is 2.44. The molecule has 0 aromatic heterocycles. The Kier molecular flexibility index (Phi) is 8.06. The summed E-state index contributed by atoms with van der Waals surface area (Å²) in [5.41, 5.74) is -0.333. The second kappa shape index (κ2) is 11.3. The third-order valence-corrected chi connectivity index (χ3v) is 6.77. The normalized spacial score (nSPS) is 20.1. The first kappa shape index (κ1) is 27.9. The van der Waals surface area contributed by atoms with Crippen molar-refractivity contribution in [1.29, 1.82) is 5.26 Å². The monoisotopic (exact) mass is 541 g/mol. The summed E-state index contributed by atoms with van der Waals surface area (Å²) in [5.74, 6) is -4.72. The van der Waals surface area contributed by atoms with E-state index in [1.165, 1.54) is 30.0 Å². The van der Waals surface area contributed by atoms with Gasteiger partial charge in [-0.25, -0.2) is 4.79 Å². The average Bonchev–Trinajstić information content (AvgIpc) is 2.93. The van der Waals surface area contributed by atoms with Crippen LogP contribution in [-0.2, 0) is 30.0 Å². The number of morpholine rings is 1. The van der Waals surface area contributed by atoms with Crippen molar-refractivity contribution in [2.45, 2.75) is 25.9 Å². The van der Waals surface area contributed by atoms with Crippen LogP contribution in [0, 0.1) is 17.2 Å². The predicted molar refractivity (Wildman–Crippen MR) is 133 cm³/mol. The molecule has 2 aromatic rings. The predicted octanol–water partition coefficient (Wildman–Crippen LogP) is 4.02. The van der Waals surface area contributed by atoms with Crippen molar-refractivity contribution in [3.05, 3.63) is 76.5 Å². The largest absolute Gasteiger partial charge is 0.463 e. The molecule has 0 radical (unpaired) electrons. The molecule has 0 bridgehead atoms. The number of carbonyl (C=O) groups is 3. The number of ether oxygens (including phenoxy) is 2. The van der Waals surface area contributed by atoms with Crippen LogP contribution in [0.2, 0.25) is 0 Å². The highest BCUT2D eigenvalue weighted by Gasteiger charge is 2.50. The van der Waals surface area contributed by atoms with Gasteiger partial charge in [0, 0.05) is 30.4 Å². The maximum Gasteiger partial charge on any atom is 0.416 e. The molecule has 0 saturated carbocycles. The summed E-state index contributed by atoms with van der Waals surface area (Å²) in [4.78, 5) is 43.9. The summed E-state index contributed by atoms with van der Waals surface area (Å²) in [6.07, 6.45) is -4.68. The van der Waals surface area contributed by atoms with Gasteiger partial charge in [-0.05, 0) is 49.7 Å². The number of halogens is 3. The first-order chi connectivity index (χ1) is 18.6. The minimum atomic E-state index is -4.68. The number of nitriles is 1. The van der Waals surface area contributed by atoms with E-state index in [0.717, 1.165) is 23.1 Å². The van der Waals surface area contributed by atoms with E-state index in [1.807, 2.05) is 6.07 Å². The Labute approximate surface area is 223 Å². The van der Waals surface area contributed by atoms with Crippen molar-refractivity contribution in [2.75, 3.05) is 37.8 Å². The highest BCUT2D eigenvalue weighted by atomic mass is 19.4. The fraction of sp³-hybridized carbons (Fsp3) is 0.357. The van der Waals surface area contributed by atoms with Gasteiger partial charge in [-0.2, -0.15) is 18.4 Å². The lowest BCUT2D eigenvalue weighted by Crippen LogP contribution is -2.54. The number of hydrogen-bond acceptors (Lipinski definition) is 6. The lowest BCUT2D eigenvalue weighted by molar-refractivity contribution is -0.146. The number of esters is 1. The molecular formula is C28H26F3N3O5. The second-order valence-electron chi connectivity index (χ2n) is 9.07. The van der Waals surface area contributed by atoms with Crippen LogP contribution >= 0.6 is 0 Å². The summed E-state index contributed by atoms with van der Waals surface area (Å²) in [5, 5.41) is 9.24. The summed E-state index contributed by atoms with van der Waals surface area (Å²) >= 11 is 0. The Morgan fingerprint density at radius 1 is 1.13 bits per heavy atom. The molecule has 8 nitrogen and oxygen atoms in total. The lowest BCUT2D eigenvalue weighted by atomic mass is 9.75. The van der Waals surface area contributed by atoms with Gasteiger partial charge in [0.05, 0.1) is 42.6 Å². The van der Waals surface area contributed by atoms with Gasteiger partial charge in [-0.15, -0.1) is 0 Å². The van der Waals surface area contributed by atoms with E-state index in [9.17, 15) is 32.8 Å². The van der Waals surface area contributed by atoms with Gasteiger partial charge in [-0.3, -0.25) is 14.5 Å². The third-order valence-electron chi connectivity index (χ3n) is 6.77. The second-order valence-corrected chi connectivity index (χ2v) is 9.07. The number of anilines is 1. The Bertz CT molecular complexity index is 1340. The van der Waals surface area contributed by atoms with E-state index in [-0.39, 0.29) is 49.9 Å². The molecule has 1 fully saturated rings. The summed E-state index contributed by atoms with van der Waals surface area (Å²) in [6.45, 7) is 3.97. The fourth-order valence-electron chi connectivity index (χ4n) is 4.94. The van der Waals surface area contributed by atoms with Gasteiger partial charge in [0.1, 0.15) is 5.92 Å². The number of allylic oxidation sites excluding steroid dienone is 1. The van der Waals surface area contributed by atoms with Crippen molar-refractivity contribution in [3.8, 4) is 6.07 Å². The molecule has 4 rings (SSSR count). The minimum absolute atomic E-state index is 0.00468.